The van der Waals surface area contributed by atoms with Crippen LogP contribution in [-0.4, -0.2) is 49.9 Å². The molecule has 1 saturated carbocycles. The van der Waals surface area contributed by atoms with Crippen LogP contribution in [0.25, 0.3) is 10.9 Å². The Morgan fingerprint density at radius 1 is 1.17 bits per heavy atom. The van der Waals surface area contributed by atoms with Crippen molar-refractivity contribution in [3.8, 4) is 17.6 Å². The quantitative estimate of drug-likeness (QED) is 0.299. The molecule has 0 amide bonds. The SMILES string of the molecule is COc1cc(SC)ccc1NCC#Cc1cc2c(NC3CC4(COC4)C3)cccc2n1CC(F)(F)F. The first-order chi connectivity index (χ1) is 17.3. The van der Waals surface area contributed by atoms with Gasteiger partial charge >= 0.3 is 6.18 Å². The first-order valence-corrected chi connectivity index (χ1v) is 13.0. The van der Waals surface area contributed by atoms with Gasteiger partial charge in [-0.25, -0.2) is 0 Å². The van der Waals surface area contributed by atoms with Crippen molar-refractivity contribution in [2.75, 3.05) is 43.8 Å². The van der Waals surface area contributed by atoms with Gasteiger partial charge in [0.2, 0.25) is 0 Å². The van der Waals surface area contributed by atoms with Crippen LogP contribution in [0.5, 0.6) is 5.75 Å². The number of aromatic nitrogens is 1. The molecule has 190 valence electrons. The number of ether oxygens (including phenoxy) is 2. The Kier molecular flexibility index (Phi) is 6.75. The third-order valence-corrected chi connectivity index (χ3v) is 7.54. The maximum atomic E-state index is 13.5. The molecule has 2 N–H and O–H groups in total. The summed E-state index contributed by atoms with van der Waals surface area (Å²) in [4.78, 5) is 1.07. The highest BCUT2D eigenvalue weighted by molar-refractivity contribution is 7.98. The number of hydrogen-bond acceptors (Lipinski definition) is 5. The predicted octanol–water partition coefficient (Wildman–Crippen LogP) is 5.99. The molecule has 9 heteroatoms. The molecule has 3 aromatic rings. The lowest BCUT2D eigenvalue weighted by Crippen LogP contribution is -2.56. The predicted molar refractivity (Wildman–Crippen MR) is 138 cm³/mol. The van der Waals surface area contributed by atoms with E-state index in [-0.39, 0.29) is 6.54 Å². The van der Waals surface area contributed by atoms with Crippen LogP contribution in [0, 0.1) is 17.3 Å². The molecule has 2 aliphatic rings. The molecule has 0 bridgehead atoms. The maximum Gasteiger partial charge on any atom is 0.406 e. The second kappa shape index (κ2) is 9.83. The van der Waals surface area contributed by atoms with E-state index < -0.39 is 12.7 Å². The Morgan fingerprint density at radius 3 is 2.64 bits per heavy atom. The molecule has 0 atom stereocenters. The molecule has 5 rings (SSSR count). The van der Waals surface area contributed by atoms with Gasteiger partial charge in [-0.1, -0.05) is 12.0 Å². The van der Waals surface area contributed by atoms with Crippen LogP contribution in [0.2, 0.25) is 0 Å². The zero-order valence-electron chi connectivity index (χ0n) is 20.2. The number of rotatable bonds is 7. The van der Waals surface area contributed by atoms with E-state index in [1.165, 1.54) is 4.57 Å². The van der Waals surface area contributed by atoms with Gasteiger partial charge in [-0.3, -0.25) is 0 Å². The summed E-state index contributed by atoms with van der Waals surface area (Å²) in [5.74, 6) is 6.63. The first kappa shape index (κ1) is 24.7. The lowest BCUT2D eigenvalue weighted by Gasteiger charge is -2.53. The van der Waals surface area contributed by atoms with Crippen molar-refractivity contribution in [1.29, 1.82) is 0 Å². The Morgan fingerprint density at radius 2 is 1.97 bits per heavy atom. The summed E-state index contributed by atoms with van der Waals surface area (Å²) in [6.45, 7) is 0.780. The zero-order valence-corrected chi connectivity index (χ0v) is 21.0. The number of anilines is 2. The highest BCUT2D eigenvalue weighted by Gasteiger charge is 2.49. The topological polar surface area (TPSA) is 47.4 Å². The van der Waals surface area contributed by atoms with Crippen molar-refractivity contribution in [3.05, 3.63) is 48.2 Å². The average Bonchev–Trinajstić information content (AvgIpc) is 3.14. The molecule has 2 aromatic carbocycles. The highest BCUT2D eigenvalue weighted by atomic mass is 32.2. The molecule has 1 spiro atoms. The molecule has 2 heterocycles. The lowest BCUT2D eigenvalue weighted by molar-refractivity contribution is -0.159. The summed E-state index contributed by atoms with van der Waals surface area (Å²) in [6.07, 6.45) is -0.333. The Hall–Kier alpha value is -2.96. The minimum Gasteiger partial charge on any atom is -0.495 e. The smallest absolute Gasteiger partial charge is 0.406 e. The van der Waals surface area contributed by atoms with Crippen LogP contribution in [0.1, 0.15) is 18.5 Å². The molecule has 2 fully saturated rings. The van der Waals surface area contributed by atoms with Crippen molar-refractivity contribution in [2.24, 2.45) is 5.41 Å². The Labute approximate surface area is 212 Å². The van der Waals surface area contributed by atoms with Crippen molar-refractivity contribution in [3.63, 3.8) is 0 Å². The van der Waals surface area contributed by atoms with Gasteiger partial charge in [-0.05, 0) is 61.4 Å². The zero-order chi connectivity index (χ0) is 25.3. The van der Waals surface area contributed by atoms with Gasteiger partial charge in [0, 0.05) is 27.4 Å². The number of thioether (sulfide) groups is 1. The van der Waals surface area contributed by atoms with Gasteiger partial charge in [-0.2, -0.15) is 13.2 Å². The van der Waals surface area contributed by atoms with Crippen LogP contribution in [0.3, 0.4) is 0 Å². The number of alkyl halides is 3. The second-order valence-corrected chi connectivity index (χ2v) is 10.3. The van der Waals surface area contributed by atoms with Crippen LogP contribution in [-0.2, 0) is 11.3 Å². The van der Waals surface area contributed by atoms with E-state index >= 15 is 0 Å². The maximum absolute atomic E-state index is 13.5. The summed E-state index contributed by atoms with van der Waals surface area (Å²) < 4.78 is 52.4. The Balaban J connectivity index is 1.37. The molecule has 1 aliphatic carbocycles. The molecule has 5 nitrogen and oxygen atoms in total. The van der Waals surface area contributed by atoms with Crippen LogP contribution >= 0.6 is 11.8 Å². The third-order valence-electron chi connectivity index (χ3n) is 6.81. The van der Waals surface area contributed by atoms with Gasteiger partial charge in [0.05, 0.1) is 43.8 Å². The van der Waals surface area contributed by atoms with Gasteiger partial charge in [0.25, 0.3) is 0 Å². The number of methoxy groups -OCH3 is 1. The number of halogens is 3. The number of nitrogens with one attached hydrogen (secondary N) is 2. The fourth-order valence-electron chi connectivity index (χ4n) is 5.02. The van der Waals surface area contributed by atoms with E-state index in [0.29, 0.717) is 28.4 Å². The van der Waals surface area contributed by atoms with Gasteiger partial charge in [-0.15, -0.1) is 11.8 Å². The fourth-order valence-corrected chi connectivity index (χ4v) is 5.45. The highest BCUT2D eigenvalue weighted by Crippen LogP contribution is 2.48. The molecule has 0 radical (unpaired) electrons. The van der Waals surface area contributed by atoms with Gasteiger partial charge in [0.1, 0.15) is 12.3 Å². The lowest BCUT2D eigenvalue weighted by atomic mass is 9.64. The molecule has 1 aromatic heterocycles. The average molecular weight is 516 g/mol. The van der Waals surface area contributed by atoms with Crippen LogP contribution < -0.4 is 15.4 Å². The molecule has 0 unspecified atom stereocenters. The Bertz CT molecular complexity index is 1310. The molecular weight excluding hydrogens is 487 g/mol. The summed E-state index contributed by atoms with van der Waals surface area (Å²) >= 11 is 1.61. The van der Waals surface area contributed by atoms with E-state index in [0.717, 1.165) is 47.7 Å². The number of fused-ring (bicyclic) bond motifs is 1. The number of nitrogens with zero attached hydrogens (tertiary/aromatic N) is 1. The molecular formula is C27H28F3N3O2S. The summed E-state index contributed by atoms with van der Waals surface area (Å²) in [6, 6.07) is 13.3. The van der Waals surface area contributed by atoms with Crippen molar-refractivity contribution < 1.29 is 22.6 Å². The minimum absolute atomic E-state index is 0.264. The largest absolute Gasteiger partial charge is 0.495 e. The standard InChI is InChI=1S/C27H28F3N3O2S/c1-34-25-12-20(36-2)8-9-23(25)31-10-4-5-19-11-21-22(32-18-13-26(14-18)16-35-17-26)6-3-7-24(21)33(19)15-27(28,29)30/h3,6-9,11-12,18,31-32H,10,13-17H2,1-2H3. The number of hydrogen-bond donors (Lipinski definition) is 2. The molecule has 36 heavy (non-hydrogen) atoms. The molecule has 1 aliphatic heterocycles. The second-order valence-electron chi connectivity index (χ2n) is 9.43. The van der Waals surface area contributed by atoms with Gasteiger partial charge in [0.15, 0.2) is 0 Å². The summed E-state index contributed by atoms with van der Waals surface area (Å²) in [5, 5.41) is 7.48. The fraction of sp³-hybridized carbons (Fsp3) is 0.407. The first-order valence-electron chi connectivity index (χ1n) is 11.8. The molecule has 1 saturated heterocycles. The monoisotopic (exact) mass is 515 g/mol. The van der Waals surface area contributed by atoms with E-state index in [9.17, 15) is 13.2 Å². The van der Waals surface area contributed by atoms with E-state index in [1.54, 1.807) is 37.1 Å². The van der Waals surface area contributed by atoms with Crippen molar-refractivity contribution in [2.45, 2.75) is 36.5 Å². The normalized spacial score (nSPS) is 16.7. The number of benzene rings is 2. The van der Waals surface area contributed by atoms with E-state index in [2.05, 4.69) is 22.5 Å². The van der Waals surface area contributed by atoms with E-state index in [4.69, 9.17) is 9.47 Å². The minimum atomic E-state index is -4.36. The van der Waals surface area contributed by atoms with Crippen molar-refractivity contribution in [1.82, 2.24) is 4.57 Å². The summed E-state index contributed by atoms with van der Waals surface area (Å²) in [5.41, 5.74) is 2.77. The van der Waals surface area contributed by atoms with Gasteiger partial charge < -0.3 is 24.7 Å². The third kappa shape index (κ3) is 5.11. The van der Waals surface area contributed by atoms with Crippen LogP contribution in [0.4, 0.5) is 24.5 Å². The summed E-state index contributed by atoms with van der Waals surface area (Å²) in [7, 11) is 1.60. The van der Waals surface area contributed by atoms with E-state index in [1.807, 2.05) is 30.5 Å². The van der Waals surface area contributed by atoms with Crippen LogP contribution in [0.15, 0.2) is 47.4 Å². The van der Waals surface area contributed by atoms with Crippen molar-refractivity contribution >= 4 is 34.0 Å².